The number of rotatable bonds is 7. The van der Waals surface area contributed by atoms with E-state index in [0.29, 0.717) is 12.1 Å². The van der Waals surface area contributed by atoms with E-state index in [4.69, 9.17) is 4.74 Å². The van der Waals surface area contributed by atoms with Gasteiger partial charge in [0.1, 0.15) is 11.8 Å². The second kappa shape index (κ2) is 7.44. The quantitative estimate of drug-likeness (QED) is 0.733. The molecule has 2 rings (SSSR count). The average molecular weight is 284 g/mol. The molecule has 0 radical (unpaired) electrons. The fourth-order valence-corrected chi connectivity index (χ4v) is 2.22. The Balaban J connectivity index is 2.16. The van der Waals surface area contributed by atoms with Crippen LogP contribution in [0.4, 0.5) is 0 Å². The molecule has 1 heterocycles. The van der Waals surface area contributed by atoms with E-state index in [2.05, 4.69) is 23.3 Å². The molecule has 0 spiro atoms. The van der Waals surface area contributed by atoms with E-state index in [9.17, 15) is 5.26 Å². The van der Waals surface area contributed by atoms with Crippen molar-refractivity contribution in [3.8, 4) is 11.8 Å². The molecule has 5 nitrogen and oxygen atoms in total. The van der Waals surface area contributed by atoms with Crippen molar-refractivity contribution >= 4 is 0 Å². The molecule has 0 bridgehead atoms. The summed E-state index contributed by atoms with van der Waals surface area (Å²) in [6.45, 7) is 2.98. The van der Waals surface area contributed by atoms with Crippen molar-refractivity contribution in [2.75, 3.05) is 7.11 Å². The number of nitriles is 1. The van der Waals surface area contributed by atoms with E-state index >= 15 is 0 Å². The zero-order chi connectivity index (χ0) is 15.1. The van der Waals surface area contributed by atoms with Gasteiger partial charge in [-0.25, -0.2) is 4.68 Å². The highest BCUT2D eigenvalue weighted by Gasteiger charge is 2.13. The molecule has 110 valence electrons. The lowest BCUT2D eigenvalue weighted by Crippen LogP contribution is -2.07. The van der Waals surface area contributed by atoms with Gasteiger partial charge in [-0.2, -0.15) is 5.26 Å². The van der Waals surface area contributed by atoms with Crippen molar-refractivity contribution in [2.24, 2.45) is 0 Å². The van der Waals surface area contributed by atoms with Crippen molar-refractivity contribution in [1.29, 1.82) is 5.26 Å². The number of aromatic nitrogens is 3. The lowest BCUT2D eigenvalue weighted by Gasteiger charge is -2.07. The van der Waals surface area contributed by atoms with Gasteiger partial charge in [0.25, 0.3) is 0 Å². The van der Waals surface area contributed by atoms with Crippen LogP contribution >= 0.6 is 0 Å². The molecule has 0 N–H and O–H groups in total. The second-order valence-electron chi connectivity index (χ2n) is 4.95. The van der Waals surface area contributed by atoms with Crippen molar-refractivity contribution in [3.05, 3.63) is 41.2 Å². The smallest absolute Gasteiger partial charge is 0.186 e. The molecule has 0 amide bonds. The largest absolute Gasteiger partial charge is 0.497 e. The SMILES string of the molecule is CCCCCn1nnc(C#N)c1Cc1ccc(OC)cc1. The van der Waals surface area contributed by atoms with E-state index in [1.807, 2.05) is 28.9 Å². The summed E-state index contributed by atoms with van der Waals surface area (Å²) in [6, 6.07) is 9.98. The first kappa shape index (κ1) is 15.0. The van der Waals surface area contributed by atoms with Crippen molar-refractivity contribution in [2.45, 2.75) is 39.2 Å². The number of unbranched alkanes of at least 4 members (excludes halogenated alkanes) is 2. The fourth-order valence-electron chi connectivity index (χ4n) is 2.22. The Hall–Kier alpha value is -2.35. The maximum atomic E-state index is 9.18. The lowest BCUT2D eigenvalue weighted by atomic mass is 10.1. The normalized spacial score (nSPS) is 10.3. The third-order valence-corrected chi connectivity index (χ3v) is 3.45. The van der Waals surface area contributed by atoms with Crippen LogP contribution in [0.3, 0.4) is 0 Å². The molecule has 0 aliphatic rings. The van der Waals surface area contributed by atoms with Gasteiger partial charge in [-0.05, 0) is 24.1 Å². The molecule has 1 aromatic heterocycles. The number of aryl methyl sites for hydroxylation is 1. The Kier molecular flexibility index (Phi) is 5.33. The van der Waals surface area contributed by atoms with Gasteiger partial charge >= 0.3 is 0 Å². The van der Waals surface area contributed by atoms with Crippen LogP contribution < -0.4 is 4.74 Å². The summed E-state index contributed by atoms with van der Waals surface area (Å²) >= 11 is 0. The Morgan fingerprint density at radius 3 is 2.62 bits per heavy atom. The van der Waals surface area contributed by atoms with E-state index in [1.165, 1.54) is 0 Å². The van der Waals surface area contributed by atoms with Gasteiger partial charge in [-0.3, -0.25) is 0 Å². The molecule has 0 aliphatic carbocycles. The van der Waals surface area contributed by atoms with Crippen molar-refractivity contribution < 1.29 is 4.74 Å². The lowest BCUT2D eigenvalue weighted by molar-refractivity contribution is 0.414. The number of ether oxygens (including phenoxy) is 1. The molecule has 0 saturated carbocycles. The number of nitrogens with zero attached hydrogens (tertiary/aromatic N) is 4. The summed E-state index contributed by atoms with van der Waals surface area (Å²) in [7, 11) is 1.65. The van der Waals surface area contributed by atoms with Crippen LogP contribution in [0, 0.1) is 11.3 Å². The number of benzene rings is 1. The van der Waals surface area contributed by atoms with E-state index in [1.54, 1.807) is 7.11 Å². The maximum absolute atomic E-state index is 9.18. The van der Waals surface area contributed by atoms with Gasteiger partial charge < -0.3 is 4.74 Å². The molecular weight excluding hydrogens is 264 g/mol. The molecule has 5 heteroatoms. The minimum absolute atomic E-state index is 0.419. The minimum Gasteiger partial charge on any atom is -0.497 e. The highest BCUT2D eigenvalue weighted by Crippen LogP contribution is 2.16. The van der Waals surface area contributed by atoms with Gasteiger partial charge in [-0.15, -0.1) is 5.10 Å². The van der Waals surface area contributed by atoms with Gasteiger partial charge in [-0.1, -0.05) is 37.1 Å². The standard InChI is InChI=1S/C16H20N4O/c1-3-4-5-10-20-16(15(12-17)18-19-20)11-13-6-8-14(21-2)9-7-13/h6-9H,3-5,10-11H2,1-2H3. The van der Waals surface area contributed by atoms with Crippen LogP contribution in [0.15, 0.2) is 24.3 Å². The summed E-state index contributed by atoms with van der Waals surface area (Å²) in [5, 5.41) is 17.3. The molecular formula is C16H20N4O. The second-order valence-corrected chi connectivity index (χ2v) is 4.95. The molecule has 2 aromatic rings. The summed E-state index contributed by atoms with van der Waals surface area (Å²) in [5.41, 5.74) is 2.42. The predicted octanol–water partition coefficient (Wildman–Crippen LogP) is 2.94. The van der Waals surface area contributed by atoms with E-state index < -0.39 is 0 Å². The summed E-state index contributed by atoms with van der Waals surface area (Å²) in [4.78, 5) is 0. The Labute approximate surface area is 125 Å². The van der Waals surface area contributed by atoms with E-state index in [0.717, 1.165) is 42.8 Å². The number of hydrogen-bond donors (Lipinski definition) is 0. The summed E-state index contributed by atoms with van der Waals surface area (Å²) in [5.74, 6) is 0.828. The van der Waals surface area contributed by atoms with Crippen LogP contribution in [0.25, 0.3) is 0 Å². The molecule has 0 aliphatic heterocycles. The van der Waals surface area contributed by atoms with Crippen LogP contribution in [-0.2, 0) is 13.0 Å². The average Bonchev–Trinajstić information content (AvgIpc) is 2.90. The molecule has 1 aromatic carbocycles. The summed E-state index contributed by atoms with van der Waals surface area (Å²) in [6.07, 6.45) is 4.03. The van der Waals surface area contributed by atoms with Crippen molar-refractivity contribution in [3.63, 3.8) is 0 Å². The first-order chi connectivity index (χ1) is 10.3. The van der Waals surface area contributed by atoms with Gasteiger partial charge in [0.2, 0.25) is 0 Å². The monoisotopic (exact) mass is 284 g/mol. The molecule has 0 saturated heterocycles. The van der Waals surface area contributed by atoms with E-state index in [-0.39, 0.29) is 0 Å². The third kappa shape index (κ3) is 3.82. The van der Waals surface area contributed by atoms with Crippen LogP contribution in [0.2, 0.25) is 0 Å². The van der Waals surface area contributed by atoms with Gasteiger partial charge in [0.15, 0.2) is 5.69 Å². The first-order valence-corrected chi connectivity index (χ1v) is 7.24. The Morgan fingerprint density at radius 2 is 2.00 bits per heavy atom. The Morgan fingerprint density at radius 1 is 1.24 bits per heavy atom. The number of methoxy groups -OCH3 is 1. The molecule has 0 unspecified atom stereocenters. The van der Waals surface area contributed by atoms with Crippen molar-refractivity contribution in [1.82, 2.24) is 15.0 Å². The van der Waals surface area contributed by atoms with Gasteiger partial charge in [0, 0.05) is 13.0 Å². The van der Waals surface area contributed by atoms with Crippen LogP contribution in [0.5, 0.6) is 5.75 Å². The Bertz CT molecular complexity index is 610. The zero-order valence-corrected chi connectivity index (χ0v) is 12.5. The zero-order valence-electron chi connectivity index (χ0n) is 12.5. The first-order valence-electron chi connectivity index (χ1n) is 7.24. The molecule has 0 atom stereocenters. The third-order valence-electron chi connectivity index (χ3n) is 3.45. The molecule has 0 fully saturated rings. The van der Waals surface area contributed by atoms with Crippen LogP contribution in [0.1, 0.15) is 43.1 Å². The van der Waals surface area contributed by atoms with Gasteiger partial charge in [0.05, 0.1) is 12.8 Å². The highest BCUT2D eigenvalue weighted by atomic mass is 16.5. The minimum atomic E-state index is 0.419. The predicted molar refractivity (Wildman–Crippen MR) is 80.1 cm³/mol. The summed E-state index contributed by atoms with van der Waals surface area (Å²) < 4.78 is 7.02. The van der Waals surface area contributed by atoms with Crippen LogP contribution in [-0.4, -0.2) is 22.1 Å². The maximum Gasteiger partial charge on any atom is 0.186 e. The number of hydrogen-bond acceptors (Lipinski definition) is 4. The molecule has 21 heavy (non-hydrogen) atoms. The highest BCUT2D eigenvalue weighted by molar-refractivity contribution is 5.33. The fraction of sp³-hybridized carbons (Fsp3) is 0.438. The topological polar surface area (TPSA) is 63.7 Å².